The van der Waals surface area contributed by atoms with Gasteiger partial charge in [0, 0.05) is 10.0 Å². The summed E-state index contributed by atoms with van der Waals surface area (Å²) < 4.78 is 19.2. The van der Waals surface area contributed by atoms with Crippen LogP contribution in [0.3, 0.4) is 0 Å². The van der Waals surface area contributed by atoms with Crippen LogP contribution in [0.25, 0.3) is 5.76 Å². The van der Waals surface area contributed by atoms with Gasteiger partial charge in [0.1, 0.15) is 23.1 Å². The van der Waals surface area contributed by atoms with Crippen LogP contribution >= 0.6 is 27.3 Å². The van der Waals surface area contributed by atoms with E-state index < -0.39 is 35.3 Å². The summed E-state index contributed by atoms with van der Waals surface area (Å²) in [5.41, 5.74) is 0.843. The number of esters is 1. The highest BCUT2D eigenvalue weighted by Crippen LogP contribution is 2.44. The molecule has 178 valence electrons. The second kappa shape index (κ2) is 9.93. The number of aromatic nitrogens is 1. The first kappa shape index (κ1) is 24.5. The van der Waals surface area contributed by atoms with Crippen LogP contribution in [0.4, 0.5) is 9.52 Å². The van der Waals surface area contributed by atoms with E-state index in [1.807, 2.05) is 0 Å². The molecule has 1 N–H and O–H groups in total. The lowest BCUT2D eigenvalue weighted by atomic mass is 9.95. The van der Waals surface area contributed by atoms with E-state index in [0.29, 0.717) is 15.7 Å². The Morgan fingerprint density at radius 3 is 2.66 bits per heavy atom. The van der Waals surface area contributed by atoms with Crippen molar-refractivity contribution in [3.8, 4) is 0 Å². The summed E-state index contributed by atoms with van der Waals surface area (Å²) in [4.78, 5) is 44.5. The van der Waals surface area contributed by atoms with Gasteiger partial charge < -0.3 is 9.84 Å². The molecule has 10 heteroatoms. The molecular weight excluding hydrogens is 539 g/mol. The normalized spacial score (nSPS) is 17.0. The van der Waals surface area contributed by atoms with Gasteiger partial charge in [-0.1, -0.05) is 52.1 Å². The number of aryl methyl sites for hydroxylation is 1. The lowest BCUT2D eigenvalue weighted by Gasteiger charge is -2.23. The number of benzene rings is 2. The quantitative estimate of drug-likeness (QED) is 0.145. The summed E-state index contributed by atoms with van der Waals surface area (Å²) in [6.07, 6.45) is 1.43. The molecule has 0 radical (unpaired) electrons. The van der Waals surface area contributed by atoms with Crippen LogP contribution in [0.2, 0.25) is 0 Å². The number of carbonyl (C=O) groups excluding carboxylic acids is 3. The third-order valence-corrected chi connectivity index (χ3v) is 6.87. The second-order valence-electron chi connectivity index (χ2n) is 7.53. The van der Waals surface area contributed by atoms with Crippen LogP contribution in [0.1, 0.15) is 32.5 Å². The van der Waals surface area contributed by atoms with Gasteiger partial charge in [0.25, 0.3) is 5.78 Å². The lowest BCUT2D eigenvalue weighted by molar-refractivity contribution is -0.132. The van der Waals surface area contributed by atoms with E-state index >= 15 is 0 Å². The summed E-state index contributed by atoms with van der Waals surface area (Å²) in [7, 11) is 0. The molecule has 35 heavy (non-hydrogen) atoms. The third-order valence-electron chi connectivity index (χ3n) is 5.24. The van der Waals surface area contributed by atoms with Crippen molar-refractivity contribution in [2.75, 3.05) is 11.5 Å². The first-order valence-corrected chi connectivity index (χ1v) is 11.9. The lowest BCUT2D eigenvalue weighted by Crippen LogP contribution is -2.29. The number of rotatable bonds is 6. The van der Waals surface area contributed by atoms with Crippen molar-refractivity contribution >= 4 is 55.8 Å². The van der Waals surface area contributed by atoms with Crippen LogP contribution in [0, 0.1) is 12.7 Å². The number of nitrogens with zero attached hydrogens (tertiary/aromatic N) is 2. The van der Waals surface area contributed by atoms with Gasteiger partial charge in [0.05, 0.1) is 17.3 Å². The molecule has 1 saturated heterocycles. The standard InChI is InChI=1S/C25H18BrFN2O5S/c1-3-11-34-24(33)22-13(2)28-25(35-22)29-19(15-5-4-6-16(26)12-15)18(21(31)23(29)32)20(30)14-7-9-17(27)10-8-14/h3-10,12,19,30H,1,11H2,2H3/b20-18+. The van der Waals surface area contributed by atoms with Gasteiger partial charge in [0.15, 0.2) is 5.13 Å². The second-order valence-corrected chi connectivity index (χ2v) is 9.42. The van der Waals surface area contributed by atoms with Crippen molar-refractivity contribution in [3.63, 3.8) is 0 Å². The number of Topliss-reactive ketones (excluding diaryl/α,β-unsaturated/α-hetero) is 1. The predicted octanol–water partition coefficient (Wildman–Crippen LogP) is 5.32. The Balaban J connectivity index is 1.89. The highest BCUT2D eigenvalue weighted by molar-refractivity contribution is 9.10. The molecule has 0 saturated carbocycles. The van der Waals surface area contributed by atoms with Gasteiger partial charge in [-0.15, -0.1) is 0 Å². The monoisotopic (exact) mass is 556 g/mol. The number of ether oxygens (including phenoxy) is 1. The molecule has 2 heterocycles. The van der Waals surface area contributed by atoms with E-state index in [-0.39, 0.29) is 27.8 Å². The molecule has 1 aliphatic rings. The maximum Gasteiger partial charge on any atom is 0.350 e. The first-order valence-electron chi connectivity index (χ1n) is 10.3. The van der Waals surface area contributed by atoms with Gasteiger partial charge >= 0.3 is 11.9 Å². The van der Waals surface area contributed by atoms with E-state index in [4.69, 9.17) is 4.74 Å². The molecule has 2 aromatic carbocycles. The molecule has 0 spiro atoms. The van der Waals surface area contributed by atoms with Gasteiger partial charge in [-0.3, -0.25) is 14.5 Å². The van der Waals surface area contributed by atoms with Crippen LogP contribution in [-0.4, -0.2) is 34.4 Å². The Hall–Kier alpha value is -3.63. The van der Waals surface area contributed by atoms with Crippen molar-refractivity contribution in [1.29, 1.82) is 0 Å². The van der Waals surface area contributed by atoms with Gasteiger partial charge in [-0.05, 0) is 48.9 Å². The van der Waals surface area contributed by atoms with Crippen molar-refractivity contribution in [3.05, 3.63) is 98.7 Å². The molecule has 1 unspecified atom stereocenters. The third kappa shape index (κ3) is 4.67. The molecule has 3 aromatic rings. The summed E-state index contributed by atoms with van der Waals surface area (Å²) in [5.74, 6) is -3.44. The summed E-state index contributed by atoms with van der Waals surface area (Å²) >= 11 is 4.30. The number of amides is 1. The van der Waals surface area contributed by atoms with Gasteiger partial charge in [0.2, 0.25) is 0 Å². The highest BCUT2D eigenvalue weighted by atomic mass is 79.9. The minimum absolute atomic E-state index is 0.00569. The number of carbonyl (C=O) groups is 3. The molecule has 1 fully saturated rings. The Labute approximate surface area is 212 Å². The molecule has 0 aliphatic carbocycles. The molecular formula is C25H18BrFN2O5S. The smallest absolute Gasteiger partial charge is 0.350 e. The molecule has 0 bridgehead atoms. The Morgan fingerprint density at radius 2 is 2.00 bits per heavy atom. The highest BCUT2D eigenvalue weighted by Gasteiger charge is 2.48. The van der Waals surface area contributed by atoms with E-state index in [9.17, 15) is 23.9 Å². The predicted molar refractivity (Wildman–Crippen MR) is 133 cm³/mol. The Kier molecular flexibility index (Phi) is 6.95. The van der Waals surface area contributed by atoms with Crippen LogP contribution < -0.4 is 4.90 Å². The summed E-state index contributed by atoms with van der Waals surface area (Å²) in [6.45, 7) is 5.10. The SMILES string of the molecule is C=CCOC(=O)c1sc(N2C(=O)C(=O)/C(=C(/O)c3ccc(F)cc3)C2c2cccc(Br)c2)nc1C. The van der Waals surface area contributed by atoms with Crippen LogP contribution in [0.15, 0.2) is 71.2 Å². The fourth-order valence-electron chi connectivity index (χ4n) is 3.66. The largest absolute Gasteiger partial charge is 0.507 e. The first-order chi connectivity index (χ1) is 16.7. The topological polar surface area (TPSA) is 96.8 Å². The molecule has 1 aromatic heterocycles. The summed E-state index contributed by atoms with van der Waals surface area (Å²) in [5, 5.41) is 11.2. The maximum atomic E-state index is 13.4. The number of anilines is 1. The Morgan fingerprint density at radius 1 is 1.29 bits per heavy atom. The number of aliphatic hydroxyl groups excluding tert-OH is 1. The number of thiazole rings is 1. The zero-order chi connectivity index (χ0) is 25.3. The number of hydrogen-bond acceptors (Lipinski definition) is 7. The number of aliphatic hydroxyl groups is 1. The van der Waals surface area contributed by atoms with Gasteiger partial charge in [-0.2, -0.15) is 0 Å². The number of halogens is 2. The zero-order valence-corrected chi connectivity index (χ0v) is 20.7. The molecule has 4 rings (SSSR count). The molecule has 7 nitrogen and oxygen atoms in total. The maximum absolute atomic E-state index is 13.4. The fraction of sp³-hybridized carbons (Fsp3) is 0.120. The van der Waals surface area contributed by atoms with Crippen molar-refractivity contribution < 1.29 is 28.6 Å². The number of ketones is 1. The van der Waals surface area contributed by atoms with E-state index in [1.165, 1.54) is 18.2 Å². The van der Waals surface area contributed by atoms with Gasteiger partial charge in [-0.25, -0.2) is 14.2 Å². The molecule has 1 aliphatic heterocycles. The van der Waals surface area contributed by atoms with Crippen molar-refractivity contribution in [2.45, 2.75) is 13.0 Å². The average molecular weight is 557 g/mol. The van der Waals surface area contributed by atoms with Crippen molar-refractivity contribution in [2.24, 2.45) is 0 Å². The van der Waals surface area contributed by atoms with Crippen LogP contribution in [0.5, 0.6) is 0 Å². The minimum Gasteiger partial charge on any atom is -0.507 e. The fourth-order valence-corrected chi connectivity index (χ4v) is 5.06. The zero-order valence-electron chi connectivity index (χ0n) is 18.3. The molecule has 1 atom stereocenters. The average Bonchev–Trinajstić information content (AvgIpc) is 3.34. The number of hydrogen-bond donors (Lipinski definition) is 1. The van der Waals surface area contributed by atoms with Crippen molar-refractivity contribution in [1.82, 2.24) is 4.98 Å². The van der Waals surface area contributed by atoms with Crippen LogP contribution in [-0.2, 0) is 14.3 Å². The molecule has 1 amide bonds. The van der Waals surface area contributed by atoms with E-state index in [0.717, 1.165) is 28.4 Å². The van der Waals surface area contributed by atoms with E-state index in [2.05, 4.69) is 27.5 Å². The summed E-state index contributed by atoms with van der Waals surface area (Å²) in [6, 6.07) is 10.8. The van der Waals surface area contributed by atoms with E-state index in [1.54, 1.807) is 31.2 Å². The minimum atomic E-state index is -1.04. The Bertz CT molecular complexity index is 1380.